The molecule has 0 aromatic rings. The van der Waals surface area contributed by atoms with Gasteiger partial charge in [0, 0.05) is 32.7 Å². The van der Waals surface area contributed by atoms with E-state index in [2.05, 4.69) is 0 Å². The van der Waals surface area contributed by atoms with Crippen LogP contribution in [0.4, 0.5) is 0 Å². The van der Waals surface area contributed by atoms with Crippen molar-refractivity contribution >= 4 is 23.3 Å². The molecule has 0 aliphatic carbocycles. The second-order valence-electron chi connectivity index (χ2n) is 0.619. The van der Waals surface area contributed by atoms with Gasteiger partial charge in [-0.2, -0.15) is 0 Å². The molecule has 0 saturated carbocycles. The molecule has 0 unspecified atom stereocenters. The number of hydrogen-bond donors (Lipinski definition) is 4. The summed E-state index contributed by atoms with van der Waals surface area (Å²) < 4.78 is 24.5. The van der Waals surface area contributed by atoms with Gasteiger partial charge in [0.2, 0.25) is 0 Å². The summed E-state index contributed by atoms with van der Waals surface area (Å²) in [7, 11) is -4.64. The van der Waals surface area contributed by atoms with Crippen LogP contribution in [-0.2, 0) is 41.1 Å². The zero-order chi connectivity index (χ0) is 7.21. The first-order valence-corrected chi connectivity index (χ1v) is 3.83. The van der Waals surface area contributed by atoms with Crippen molar-refractivity contribution in [3.63, 3.8) is 0 Å². The molecule has 0 aromatic carbocycles. The van der Waals surface area contributed by atoms with Gasteiger partial charge in [0.25, 0.3) is 0 Å². The van der Waals surface area contributed by atoms with Gasteiger partial charge in [0.1, 0.15) is 0 Å². The van der Waals surface area contributed by atoms with E-state index < -0.39 is 23.3 Å². The molecule has 4 N–H and O–H groups in total. The maximum Gasteiger partial charge on any atom is 0 e. The fourth-order valence-electron chi connectivity index (χ4n) is 0. The largest absolute Gasteiger partial charge is 0 e. The Hall–Kier alpha value is 1.35. The molecule has 0 fully saturated rings. The SMILES string of the molecule is O=P(O)(O)O.[O]=[Al][OH].[Y]. The summed E-state index contributed by atoms with van der Waals surface area (Å²) in [6, 6.07) is 0. The molecule has 0 saturated heterocycles. The van der Waals surface area contributed by atoms with Crippen molar-refractivity contribution in [3.8, 4) is 0 Å². The normalized spacial score (nSPS) is 7.44. The van der Waals surface area contributed by atoms with E-state index in [4.69, 9.17) is 27.2 Å². The van der Waals surface area contributed by atoms with Crippen molar-refractivity contribution in [2.75, 3.05) is 0 Å². The van der Waals surface area contributed by atoms with Crippen LogP contribution in [0.1, 0.15) is 0 Å². The Morgan fingerprint density at radius 1 is 1.22 bits per heavy atom. The molecule has 0 rings (SSSR count). The molecular weight excluding hydrogens is 243 g/mol. The minimum atomic E-state index is -4.64. The van der Waals surface area contributed by atoms with Gasteiger partial charge >= 0.3 is 31.3 Å². The molecule has 0 atom stereocenters. The van der Waals surface area contributed by atoms with E-state index in [1.165, 1.54) is 0 Å². The Bertz CT molecular complexity index is 87.0. The molecule has 0 bridgehead atoms. The molecule has 0 aromatic heterocycles. The van der Waals surface area contributed by atoms with Gasteiger partial charge < -0.3 is 14.7 Å². The van der Waals surface area contributed by atoms with Gasteiger partial charge in [-0.25, -0.2) is 4.57 Å². The minimum absolute atomic E-state index is 0. The summed E-state index contributed by atoms with van der Waals surface area (Å²) in [6.45, 7) is 0. The monoisotopic (exact) mass is 247 g/mol. The van der Waals surface area contributed by atoms with Crippen molar-refractivity contribution in [2.45, 2.75) is 0 Å². The molecular formula is H4AlO6PY. The smallest absolute Gasteiger partial charge is 0 e. The summed E-state index contributed by atoms with van der Waals surface area (Å²) in [5.41, 5.74) is 0. The van der Waals surface area contributed by atoms with E-state index in [0.717, 1.165) is 0 Å². The molecule has 9 heavy (non-hydrogen) atoms. The van der Waals surface area contributed by atoms with Gasteiger partial charge in [-0.3, -0.25) is 0 Å². The predicted octanol–water partition coefficient (Wildman–Crippen LogP) is -1.99. The van der Waals surface area contributed by atoms with Crippen LogP contribution in [0.15, 0.2) is 0 Å². The maximum absolute atomic E-state index is 8.88. The van der Waals surface area contributed by atoms with Crippen LogP contribution in [-0.4, -0.2) is 34.3 Å². The Balaban J connectivity index is -0.0000000800. The molecule has 9 heteroatoms. The third-order valence-electron chi connectivity index (χ3n) is 0. The fourth-order valence-corrected chi connectivity index (χ4v) is 0. The van der Waals surface area contributed by atoms with Gasteiger partial charge in [0.05, 0.1) is 0 Å². The van der Waals surface area contributed by atoms with Crippen molar-refractivity contribution in [3.05, 3.63) is 0 Å². The van der Waals surface area contributed by atoms with Crippen LogP contribution in [0, 0.1) is 0 Å². The molecule has 0 heterocycles. The Morgan fingerprint density at radius 2 is 1.22 bits per heavy atom. The second-order valence-corrected chi connectivity index (χ2v) is 1.86. The Labute approximate surface area is 82.7 Å². The summed E-state index contributed by atoms with van der Waals surface area (Å²) in [5.74, 6) is 0. The van der Waals surface area contributed by atoms with Crippen LogP contribution >= 0.6 is 7.82 Å². The van der Waals surface area contributed by atoms with E-state index in [9.17, 15) is 0 Å². The maximum atomic E-state index is 8.88. The van der Waals surface area contributed by atoms with Crippen LogP contribution in [0.25, 0.3) is 0 Å². The summed E-state index contributed by atoms with van der Waals surface area (Å²) in [5, 5.41) is 0. The van der Waals surface area contributed by atoms with Crippen LogP contribution in [0.3, 0.4) is 0 Å². The Kier molecular flexibility index (Phi) is 17.4. The molecule has 6 nitrogen and oxygen atoms in total. The molecule has 51 valence electrons. The van der Waals surface area contributed by atoms with E-state index in [1.54, 1.807) is 0 Å². The van der Waals surface area contributed by atoms with E-state index in [1.807, 2.05) is 0 Å². The average molecular weight is 247 g/mol. The van der Waals surface area contributed by atoms with Crippen molar-refractivity contribution in [2.24, 2.45) is 0 Å². The summed E-state index contributed by atoms with van der Waals surface area (Å²) in [6.07, 6.45) is 0. The number of hydrogen-bond acceptors (Lipinski definition) is 2. The molecule has 0 spiro atoms. The summed E-state index contributed by atoms with van der Waals surface area (Å²) >= 11 is -1.50. The fraction of sp³-hybridized carbons (Fsp3) is 0. The minimum Gasteiger partial charge on any atom is 0 e. The van der Waals surface area contributed by atoms with Gasteiger partial charge in [-0.05, 0) is 0 Å². The number of phosphoric acid groups is 1. The van der Waals surface area contributed by atoms with Gasteiger partial charge in [-0.15, -0.1) is 0 Å². The van der Waals surface area contributed by atoms with Crippen molar-refractivity contribution in [1.29, 1.82) is 0 Å². The first kappa shape index (κ1) is 16.7. The van der Waals surface area contributed by atoms with Crippen LogP contribution < -0.4 is 0 Å². The van der Waals surface area contributed by atoms with Gasteiger partial charge in [0.15, 0.2) is 0 Å². The van der Waals surface area contributed by atoms with E-state index in [0.29, 0.717) is 0 Å². The zero-order valence-electron chi connectivity index (χ0n) is 4.21. The number of rotatable bonds is 0. The van der Waals surface area contributed by atoms with Gasteiger partial charge in [-0.1, -0.05) is 0 Å². The quantitative estimate of drug-likeness (QED) is 0.291. The predicted molar refractivity (Wildman–Crippen MR) is 22.9 cm³/mol. The molecule has 0 amide bonds. The first-order chi connectivity index (χ1) is 3.41. The van der Waals surface area contributed by atoms with E-state index in [-0.39, 0.29) is 32.7 Å². The zero-order valence-corrected chi connectivity index (χ0v) is 9.09. The molecule has 0 aliphatic heterocycles. The van der Waals surface area contributed by atoms with Crippen LogP contribution in [0.2, 0.25) is 0 Å². The van der Waals surface area contributed by atoms with Crippen LogP contribution in [0.5, 0.6) is 0 Å². The first-order valence-electron chi connectivity index (χ1n) is 1.28. The third kappa shape index (κ3) is 278. The average Bonchev–Trinajstić information content (AvgIpc) is 1.27. The third-order valence-corrected chi connectivity index (χ3v) is 0. The van der Waals surface area contributed by atoms with Crippen molar-refractivity contribution in [1.82, 2.24) is 0 Å². The second kappa shape index (κ2) is 9.35. The van der Waals surface area contributed by atoms with E-state index >= 15 is 0 Å². The standard InChI is InChI=1S/Al.H3O4P.H2O.O.Y/c;1-5(2,3)4;;;/h;(H3,1,2,3,4);1H2;;/q+1;;;;/p-1. The molecule has 1 radical (unpaired) electrons. The summed E-state index contributed by atoms with van der Waals surface area (Å²) in [4.78, 5) is 21.6. The Morgan fingerprint density at radius 3 is 1.22 bits per heavy atom. The topological polar surface area (TPSA) is 115 Å². The van der Waals surface area contributed by atoms with Crippen molar-refractivity contribution < 1.29 is 59.9 Å². The molecule has 0 aliphatic rings.